The van der Waals surface area contributed by atoms with Crippen LogP contribution in [0, 0.1) is 0 Å². The monoisotopic (exact) mass is 360 g/mol. The van der Waals surface area contributed by atoms with Gasteiger partial charge >= 0.3 is 12.1 Å². The molecule has 1 atom stereocenters. The van der Waals surface area contributed by atoms with Crippen LogP contribution < -0.4 is 16.4 Å². The molecule has 8 heteroatoms. The zero-order valence-corrected chi connectivity index (χ0v) is 16.6. The Labute approximate surface area is 151 Å². The fraction of sp³-hybridized carbons (Fsp3) is 0.882. The van der Waals surface area contributed by atoms with Crippen molar-refractivity contribution >= 4 is 12.1 Å². The number of ether oxygens (including phenoxy) is 2. The van der Waals surface area contributed by atoms with Crippen LogP contribution in [0.25, 0.3) is 0 Å². The summed E-state index contributed by atoms with van der Waals surface area (Å²) in [5.74, 6) is 0. The average molecular weight is 360 g/mol. The Morgan fingerprint density at radius 2 is 1.84 bits per heavy atom. The molecular formula is C17H36N4O4. The van der Waals surface area contributed by atoms with E-state index in [1.54, 1.807) is 12.0 Å². The summed E-state index contributed by atoms with van der Waals surface area (Å²) in [5, 5.41) is 5.59. The van der Waals surface area contributed by atoms with Gasteiger partial charge in [-0.3, -0.25) is 0 Å². The number of urea groups is 1. The fourth-order valence-corrected chi connectivity index (χ4v) is 2.10. The van der Waals surface area contributed by atoms with Crippen molar-refractivity contribution in [2.75, 3.05) is 33.4 Å². The van der Waals surface area contributed by atoms with Gasteiger partial charge in [-0.05, 0) is 47.5 Å². The lowest BCUT2D eigenvalue weighted by Gasteiger charge is -2.27. The second-order valence-corrected chi connectivity index (χ2v) is 7.40. The lowest BCUT2D eigenvalue weighted by atomic mass is 10.2. The minimum Gasteiger partial charge on any atom is -0.444 e. The fourth-order valence-electron chi connectivity index (χ4n) is 2.10. The quantitative estimate of drug-likeness (QED) is 0.514. The van der Waals surface area contributed by atoms with E-state index in [1.165, 1.54) is 0 Å². The van der Waals surface area contributed by atoms with E-state index in [9.17, 15) is 9.59 Å². The molecule has 3 amide bonds. The van der Waals surface area contributed by atoms with Crippen LogP contribution in [0.1, 0.15) is 47.5 Å². The molecule has 0 aliphatic heterocycles. The van der Waals surface area contributed by atoms with Crippen LogP contribution in [0.2, 0.25) is 0 Å². The first-order chi connectivity index (χ1) is 11.5. The molecule has 0 saturated carbocycles. The predicted octanol–water partition coefficient (Wildman–Crippen LogP) is 1.69. The van der Waals surface area contributed by atoms with E-state index < -0.39 is 11.7 Å². The number of nitrogens with one attached hydrogen (secondary N) is 2. The highest BCUT2D eigenvalue weighted by Gasteiger charge is 2.18. The Morgan fingerprint density at radius 3 is 2.36 bits per heavy atom. The van der Waals surface area contributed by atoms with Gasteiger partial charge in [-0.25, -0.2) is 9.59 Å². The van der Waals surface area contributed by atoms with Crippen LogP contribution in [0.5, 0.6) is 0 Å². The Morgan fingerprint density at radius 1 is 1.20 bits per heavy atom. The smallest absolute Gasteiger partial charge is 0.407 e. The number of rotatable bonds is 10. The third-order valence-corrected chi connectivity index (χ3v) is 3.06. The molecule has 0 bridgehead atoms. The Hall–Kier alpha value is -1.54. The molecule has 0 rings (SSSR count). The predicted molar refractivity (Wildman–Crippen MR) is 98.6 cm³/mol. The van der Waals surface area contributed by atoms with Gasteiger partial charge in [0.25, 0.3) is 0 Å². The Balaban J connectivity index is 4.24. The minimum atomic E-state index is -0.507. The number of carbonyl (C=O) groups excluding carboxylic acids is 2. The summed E-state index contributed by atoms with van der Waals surface area (Å²) in [5.41, 5.74) is 5.46. The molecule has 8 nitrogen and oxygen atoms in total. The molecule has 4 N–H and O–H groups in total. The number of carbonyl (C=O) groups is 2. The topological polar surface area (TPSA) is 106 Å². The lowest BCUT2D eigenvalue weighted by Crippen LogP contribution is -2.49. The van der Waals surface area contributed by atoms with Crippen LogP contribution in [-0.2, 0) is 9.47 Å². The van der Waals surface area contributed by atoms with Gasteiger partial charge in [0.15, 0.2) is 0 Å². The third kappa shape index (κ3) is 13.4. The largest absolute Gasteiger partial charge is 0.444 e. The average Bonchev–Trinajstić information content (AvgIpc) is 2.43. The first-order valence-electron chi connectivity index (χ1n) is 8.82. The Bertz CT molecular complexity index is 397. The van der Waals surface area contributed by atoms with Crippen molar-refractivity contribution in [1.82, 2.24) is 15.5 Å². The second kappa shape index (κ2) is 11.9. The molecule has 0 radical (unpaired) electrons. The van der Waals surface area contributed by atoms with Gasteiger partial charge in [-0.2, -0.15) is 0 Å². The van der Waals surface area contributed by atoms with Crippen molar-refractivity contribution in [1.29, 1.82) is 0 Å². The van der Waals surface area contributed by atoms with Gasteiger partial charge in [0, 0.05) is 38.8 Å². The van der Waals surface area contributed by atoms with Gasteiger partial charge < -0.3 is 30.7 Å². The second-order valence-electron chi connectivity index (χ2n) is 7.40. The van der Waals surface area contributed by atoms with Crippen molar-refractivity contribution in [3.63, 3.8) is 0 Å². The van der Waals surface area contributed by atoms with Crippen LogP contribution in [0.15, 0.2) is 0 Å². The summed E-state index contributed by atoms with van der Waals surface area (Å²) < 4.78 is 10.2. The van der Waals surface area contributed by atoms with Gasteiger partial charge in [-0.1, -0.05) is 0 Å². The van der Waals surface area contributed by atoms with Gasteiger partial charge in [0.05, 0.1) is 6.61 Å². The van der Waals surface area contributed by atoms with Crippen molar-refractivity contribution in [3.8, 4) is 0 Å². The third-order valence-electron chi connectivity index (χ3n) is 3.06. The van der Waals surface area contributed by atoms with Crippen LogP contribution >= 0.6 is 0 Å². The number of methoxy groups -OCH3 is 1. The molecule has 0 aromatic carbocycles. The van der Waals surface area contributed by atoms with Gasteiger partial charge in [-0.15, -0.1) is 0 Å². The number of nitrogens with two attached hydrogens (primary N) is 1. The Kier molecular flexibility index (Phi) is 11.2. The van der Waals surface area contributed by atoms with Crippen molar-refractivity contribution in [2.24, 2.45) is 5.73 Å². The maximum Gasteiger partial charge on any atom is 0.407 e. The van der Waals surface area contributed by atoms with E-state index >= 15 is 0 Å². The van der Waals surface area contributed by atoms with E-state index in [1.807, 2.05) is 34.6 Å². The standard InChI is InChI=1S/C17H36N4O4/c1-13(2)20-15(22)21(11-14(18)12-24-6)10-8-7-9-19-16(23)25-17(3,4)5/h13-14H,7-12,18H2,1-6H3,(H,19,23)(H,20,22)/t14-/m1/s1. The van der Waals surface area contributed by atoms with Crippen molar-refractivity contribution in [2.45, 2.75) is 65.1 Å². The summed E-state index contributed by atoms with van der Waals surface area (Å²) in [4.78, 5) is 25.5. The van der Waals surface area contributed by atoms with Crippen LogP contribution in [-0.4, -0.2) is 68.1 Å². The number of hydrogen-bond acceptors (Lipinski definition) is 5. The van der Waals surface area contributed by atoms with Gasteiger partial charge in [0.1, 0.15) is 5.60 Å². The zero-order chi connectivity index (χ0) is 19.5. The highest BCUT2D eigenvalue weighted by molar-refractivity contribution is 5.74. The molecular weight excluding hydrogens is 324 g/mol. The first-order valence-corrected chi connectivity index (χ1v) is 8.82. The molecule has 148 valence electrons. The molecule has 0 aliphatic rings. The number of alkyl carbamates (subject to hydrolysis) is 1. The highest BCUT2D eigenvalue weighted by Crippen LogP contribution is 2.06. The lowest BCUT2D eigenvalue weighted by molar-refractivity contribution is 0.0526. The minimum absolute atomic E-state index is 0.0579. The maximum absolute atomic E-state index is 12.3. The molecule has 0 aromatic heterocycles. The summed E-state index contributed by atoms with van der Waals surface area (Å²) in [6.45, 7) is 11.2. The molecule has 0 aromatic rings. The molecule has 0 aliphatic carbocycles. The van der Waals surface area contributed by atoms with E-state index in [-0.39, 0.29) is 18.1 Å². The van der Waals surface area contributed by atoms with Crippen molar-refractivity contribution < 1.29 is 19.1 Å². The summed E-state index contributed by atoms with van der Waals surface area (Å²) >= 11 is 0. The molecule has 0 fully saturated rings. The molecule has 0 heterocycles. The van der Waals surface area contributed by atoms with E-state index in [0.717, 1.165) is 12.8 Å². The molecule has 0 unspecified atom stereocenters. The van der Waals surface area contributed by atoms with E-state index in [4.69, 9.17) is 15.2 Å². The van der Waals surface area contributed by atoms with Gasteiger partial charge in [0.2, 0.25) is 0 Å². The molecule has 0 saturated heterocycles. The number of unbranched alkanes of at least 4 members (excludes halogenated alkanes) is 1. The normalized spacial score (nSPS) is 12.6. The number of amides is 3. The van der Waals surface area contributed by atoms with E-state index in [2.05, 4.69) is 10.6 Å². The molecule has 0 spiro atoms. The highest BCUT2D eigenvalue weighted by atomic mass is 16.6. The van der Waals surface area contributed by atoms with Crippen molar-refractivity contribution in [3.05, 3.63) is 0 Å². The van der Waals surface area contributed by atoms with Crippen LogP contribution in [0.3, 0.4) is 0 Å². The summed E-state index contributed by atoms with van der Waals surface area (Å²) in [7, 11) is 1.58. The zero-order valence-electron chi connectivity index (χ0n) is 16.6. The maximum atomic E-state index is 12.3. The summed E-state index contributed by atoms with van der Waals surface area (Å²) in [6.07, 6.45) is 1.06. The summed E-state index contributed by atoms with van der Waals surface area (Å²) in [6, 6.07) is -0.313. The number of nitrogens with zero attached hydrogens (tertiary/aromatic N) is 1. The van der Waals surface area contributed by atoms with Crippen LogP contribution in [0.4, 0.5) is 9.59 Å². The number of hydrogen-bond donors (Lipinski definition) is 3. The first kappa shape index (κ1) is 23.5. The molecule has 25 heavy (non-hydrogen) atoms. The SMILES string of the molecule is COC[C@H](N)CN(CCCCNC(=O)OC(C)(C)C)C(=O)NC(C)C. The van der Waals surface area contributed by atoms with E-state index in [0.29, 0.717) is 26.2 Å².